The maximum Gasteiger partial charge on any atom is 0.273 e. The molecule has 1 saturated carbocycles. The Balaban J connectivity index is 1.38. The minimum atomic E-state index is -0.328. The van der Waals surface area contributed by atoms with Crippen molar-refractivity contribution in [2.24, 2.45) is 5.92 Å². The van der Waals surface area contributed by atoms with Crippen molar-refractivity contribution in [3.63, 3.8) is 0 Å². The topological polar surface area (TPSA) is 101 Å². The third kappa shape index (κ3) is 5.27. The lowest BCUT2D eigenvalue weighted by molar-refractivity contribution is -0.132. The fourth-order valence-corrected chi connectivity index (χ4v) is 3.89. The van der Waals surface area contributed by atoms with Gasteiger partial charge in [0, 0.05) is 44.6 Å². The number of benzene rings is 1. The third-order valence-electron chi connectivity index (χ3n) is 6.33. The largest absolute Gasteiger partial charge is 0.493 e. The zero-order valence-corrected chi connectivity index (χ0v) is 18.8. The number of likely N-dealkylation sites (N-methyl/N-ethyl adjacent to an activating group) is 1. The summed E-state index contributed by atoms with van der Waals surface area (Å²) in [6, 6.07) is 5.44. The van der Waals surface area contributed by atoms with Gasteiger partial charge in [0.25, 0.3) is 5.56 Å². The van der Waals surface area contributed by atoms with Crippen LogP contribution in [0.3, 0.4) is 0 Å². The first kappa shape index (κ1) is 22.3. The molecule has 1 aliphatic carbocycles. The quantitative estimate of drug-likeness (QED) is 0.666. The summed E-state index contributed by atoms with van der Waals surface area (Å²) in [7, 11) is 3.63. The molecule has 9 nitrogen and oxygen atoms in total. The lowest BCUT2D eigenvalue weighted by Crippen LogP contribution is -2.47. The van der Waals surface area contributed by atoms with Crippen LogP contribution >= 0.6 is 0 Å². The average Bonchev–Trinajstić information content (AvgIpc) is 2.77. The number of nitrogens with zero attached hydrogens (tertiary/aromatic N) is 4. The van der Waals surface area contributed by atoms with Crippen molar-refractivity contribution >= 4 is 5.91 Å². The van der Waals surface area contributed by atoms with Gasteiger partial charge in [-0.15, -0.1) is 10.2 Å². The highest BCUT2D eigenvalue weighted by molar-refractivity contribution is 5.76. The fraction of sp³-hybridized carbons (Fsp3) is 0.565. The highest BCUT2D eigenvalue weighted by Gasteiger charge is 2.21. The van der Waals surface area contributed by atoms with Gasteiger partial charge in [-0.1, -0.05) is 6.42 Å². The number of piperazine rings is 1. The molecule has 0 atom stereocenters. The smallest absolute Gasteiger partial charge is 0.273 e. The van der Waals surface area contributed by atoms with Crippen molar-refractivity contribution in [1.29, 1.82) is 0 Å². The van der Waals surface area contributed by atoms with Gasteiger partial charge in [0.1, 0.15) is 5.69 Å². The number of carbonyl (C=O) groups excluding carboxylic acids is 1. The van der Waals surface area contributed by atoms with E-state index in [-0.39, 0.29) is 30.0 Å². The molecule has 1 amide bonds. The molecule has 4 rings (SSSR count). The van der Waals surface area contributed by atoms with Crippen molar-refractivity contribution in [3.8, 4) is 22.9 Å². The SMILES string of the molecule is COc1cc(-c2nnc(CCC(=O)N3CCN(C)CC3)c(=O)[nH]2)ccc1OCC1CCC1. The first-order valence-electron chi connectivity index (χ1n) is 11.3. The fourth-order valence-electron chi connectivity index (χ4n) is 3.89. The summed E-state index contributed by atoms with van der Waals surface area (Å²) in [5.41, 5.74) is 0.622. The van der Waals surface area contributed by atoms with E-state index in [1.54, 1.807) is 13.2 Å². The van der Waals surface area contributed by atoms with Crippen molar-refractivity contribution < 1.29 is 14.3 Å². The Kier molecular flexibility index (Phi) is 7.04. The highest BCUT2D eigenvalue weighted by Crippen LogP contribution is 2.33. The van der Waals surface area contributed by atoms with Crippen LogP contribution in [0.1, 0.15) is 31.4 Å². The Morgan fingerprint density at radius 1 is 1.16 bits per heavy atom. The van der Waals surface area contributed by atoms with Gasteiger partial charge in [0.05, 0.1) is 13.7 Å². The highest BCUT2D eigenvalue weighted by atomic mass is 16.5. The second kappa shape index (κ2) is 10.1. The average molecular weight is 442 g/mol. The Morgan fingerprint density at radius 3 is 2.59 bits per heavy atom. The number of amides is 1. The van der Waals surface area contributed by atoms with Crippen molar-refractivity contribution in [2.45, 2.75) is 32.1 Å². The molecule has 0 spiro atoms. The second-order valence-corrected chi connectivity index (χ2v) is 8.61. The maximum absolute atomic E-state index is 12.5. The standard InChI is InChI=1S/C23H31N5O4/c1-27-10-12-28(13-11-27)21(29)9-7-18-23(30)24-22(26-25-18)17-6-8-19(20(14-17)31-2)32-15-16-4-3-5-16/h6,8,14,16H,3-5,7,9-13,15H2,1-2H3,(H,24,26,30). The van der Waals surface area contributed by atoms with Gasteiger partial charge < -0.3 is 24.3 Å². The molecule has 0 unspecified atom stereocenters. The first-order valence-corrected chi connectivity index (χ1v) is 11.3. The normalized spacial score (nSPS) is 17.1. The number of hydrogen-bond donors (Lipinski definition) is 1. The Morgan fingerprint density at radius 2 is 1.94 bits per heavy atom. The van der Waals surface area contributed by atoms with Crippen LogP contribution in [-0.2, 0) is 11.2 Å². The van der Waals surface area contributed by atoms with Gasteiger partial charge in [-0.05, 0) is 44.0 Å². The molecule has 0 bridgehead atoms. The van der Waals surface area contributed by atoms with E-state index in [0.29, 0.717) is 35.4 Å². The van der Waals surface area contributed by atoms with Gasteiger partial charge in [0.2, 0.25) is 5.91 Å². The van der Waals surface area contributed by atoms with Crippen molar-refractivity contribution in [3.05, 3.63) is 34.2 Å². The molecule has 2 heterocycles. The number of aromatic amines is 1. The molecule has 32 heavy (non-hydrogen) atoms. The summed E-state index contributed by atoms with van der Waals surface area (Å²) < 4.78 is 11.4. The number of ether oxygens (including phenoxy) is 2. The molecule has 1 saturated heterocycles. The monoisotopic (exact) mass is 441 g/mol. The van der Waals surface area contributed by atoms with Crippen LogP contribution in [0.4, 0.5) is 0 Å². The molecular weight excluding hydrogens is 410 g/mol. The van der Waals surface area contributed by atoms with Gasteiger partial charge in [0.15, 0.2) is 17.3 Å². The van der Waals surface area contributed by atoms with Crippen molar-refractivity contribution in [2.75, 3.05) is 46.9 Å². The molecule has 9 heteroatoms. The molecule has 172 valence electrons. The van der Waals surface area contributed by atoms with Gasteiger partial charge in [-0.3, -0.25) is 9.59 Å². The van der Waals surface area contributed by atoms with E-state index in [1.165, 1.54) is 19.3 Å². The van der Waals surface area contributed by atoms with E-state index in [0.717, 1.165) is 26.2 Å². The summed E-state index contributed by atoms with van der Waals surface area (Å²) in [4.78, 5) is 31.8. The molecule has 1 aromatic carbocycles. The van der Waals surface area contributed by atoms with Crippen LogP contribution in [0.5, 0.6) is 11.5 Å². The summed E-state index contributed by atoms with van der Waals surface area (Å²) in [5.74, 6) is 2.29. The number of methoxy groups -OCH3 is 1. The Bertz CT molecular complexity index is 996. The molecule has 0 radical (unpaired) electrons. The van der Waals surface area contributed by atoms with E-state index >= 15 is 0 Å². The number of aromatic nitrogens is 3. The van der Waals surface area contributed by atoms with E-state index in [4.69, 9.17) is 9.47 Å². The number of carbonyl (C=O) groups is 1. The predicted octanol–water partition coefficient (Wildman–Crippen LogP) is 1.73. The molecule has 2 aliphatic rings. The van der Waals surface area contributed by atoms with Crippen LogP contribution < -0.4 is 15.0 Å². The first-order chi connectivity index (χ1) is 15.5. The van der Waals surface area contributed by atoms with Gasteiger partial charge in [-0.2, -0.15) is 0 Å². The summed E-state index contributed by atoms with van der Waals surface area (Å²) in [6.07, 6.45) is 4.22. The van der Waals surface area contributed by atoms with Crippen LogP contribution in [0.15, 0.2) is 23.0 Å². The minimum absolute atomic E-state index is 0.0469. The molecule has 2 aromatic rings. The summed E-state index contributed by atoms with van der Waals surface area (Å²) in [6.45, 7) is 3.87. The van der Waals surface area contributed by atoms with Crippen LogP contribution in [0, 0.1) is 5.92 Å². The zero-order valence-electron chi connectivity index (χ0n) is 18.8. The lowest BCUT2D eigenvalue weighted by Gasteiger charge is -2.32. The molecular formula is C23H31N5O4. The van der Waals surface area contributed by atoms with E-state index in [1.807, 2.05) is 24.1 Å². The Hall–Kier alpha value is -2.94. The lowest BCUT2D eigenvalue weighted by atomic mass is 9.86. The van der Waals surface area contributed by atoms with Gasteiger partial charge in [-0.25, -0.2) is 0 Å². The molecule has 1 N–H and O–H groups in total. The molecule has 1 aliphatic heterocycles. The van der Waals surface area contributed by atoms with Crippen molar-refractivity contribution in [1.82, 2.24) is 25.0 Å². The maximum atomic E-state index is 12.5. The molecule has 2 fully saturated rings. The molecule has 1 aromatic heterocycles. The Labute approximate surface area is 187 Å². The van der Waals surface area contributed by atoms with Crippen LogP contribution in [0.2, 0.25) is 0 Å². The summed E-state index contributed by atoms with van der Waals surface area (Å²) in [5, 5.41) is 8.27. The zero-order chi connectivity index (χ0) is 22.5. The predicted molar refractivity (Wildman–Crippen MR) is 120 cm³/mol. The number of H-pyrrole nitrogens is 1. The third-order valence-corrected chi connectivity index (χ3v) is 6.33. The number of aryl methyl sites for hydroxylation is 1. The second-order valence-electron chi connectivity index (χ2n) is 8.61. The van der Waals surface area contributed by atoms with E-state index in [2.05, 4.69) is 20.1 Å². The minimum Gasteiger partial charge on any atom is -0.493 e. The number of hydrogen-bond acceptors (Lipinski definition) is 7. The number of rotatable bonds is 8. The van der Waals surface area contributed by atoms with Crippen LogP contribution in [-0.4, -0.2) is 77.8 Å². The van der Waals surface area contributed by atoms with E-state index < -0.39 is 0 Å². The number of nitrogens with one attached hydrogen (secondary N) is 1. The van der Waals surface area contributed by atoms with E-state index in [9.17, 15) is 9.59 Å². The summed E-state index contributed by atoms with van der Waals surface area (Å²) >= 11 is 0. The van der Waals surface area contributed by atoms with Gasteiger partial charge >= 0.3 is 0 Å². The van der Waals surface area contributed by atoms with Crippen LogP contribution in [0.25, 0.3) is 11.4 Å².